The molecule has 100 valence electrons. The van der Waals surface area contributed by atoms with Gasteiger partial charge in [-0.25, -0.2) is 4.79 Å². The van der Waals surface area contributed by atoms with Gasteiger partial charge in [-0.1, -0.05) is 0 Å². The van der Waals surface area contributed by atoms with Crippen LogP contribution in [0.25, 0.3) is 11.1 Å². The van der Waals surface area contributed by atoms with Gasteiger partial charge in [0.15, 0.2) is 5.58 Å². The summed E-state index contributed by atoms with van der Waals surface area (Å²) in [6.07, 6.45) is 1.45. The van der Waals surface area contributed by atoms with Gasteiger partial charge in [-0.3, -0.25) is 14.6 Å². The molecule has 0 atom stereocenters. The summed E-state index contributed by atoms with van der Waals surface area (Å²) in [5.41, 5.74) is 0.846. The Morgan fingerprint density at radius 3 is 2.85 bits per heavy atom. The highest BCUT2D eigenvalue weighted by atomic mass is 16.4. The van der Waals surface area contributed by atoms with Crippen LogP contribution in [-0.4, -0.2) is 15.9 Å². The van der Waals surface area contributed by atoms with E-state index in [2.05, 4.69) is 15.3 Å². The number of carbonyl (C=O) groups excluding carboxylic acids is 1. The molecule has 0 radical (unpaired) electrons. The lowest BCUT2D eigenvalue weighted by Gasteiger charge is -2.04. The molecule has 0 spiro atoms. The summed E-state index contributed by atoms with van der Waals surface area (Å²) in [6, 6.07) is 7.67. The molecular weight excluding hydrogens is 262 g/mol. The topological polar surface area (TPSA) is 108 Å². The summed E-state index contributed by atoms with van der Waals surface area (Å²) in [7, 11) is 0. The predicted molar refractivity (Wildman–Crippen MR) is 71.9 cm³/mol. The quantitative estimate of drug-likeness (QED) is 0.647. The molecule has 7 nitrogen and oxygen atoms in total. The van der Waals surface area contributed by atoms with Gasteiger partial charge in [0, 0.05) is 11.9 Å². The van der Waals surface area contributed by atoms with Crippen LogP contribution in [-0.2, 0) is 0 Å². The van der Waals surface area contributed by atoms with E-state index >= 15 is 0 Å². The first-order chi connectivity index (χ1) is 9.63. The van der Waals surface area contributed by atoms with Crippen molar-refractivity contribution in [3.05, 3.63) is 63.0 Å². The number of oxazole rings is 1. The Balaban J connectivity index is 1.93. The van der Waals surface area contributed by atoms with Gasteiger partial charge in [0.25, 0.3) is 11.5 Å². The molecule has 0 fully saturated rings. The van der Waals surface area contributed by atoms with Crippen molar-refractivity contribution in [3.63, 3.8) is 0 Å². The van der Waals surface area contributed by atoms with Crippen LogP contribution in [0.1, 0.15) is 10.4 Å². The van der Waals surface area contributed by atoms with Gasteiger partial charge in [0.2, 0.25) is 0 Å². The molecule has 1 amide bonds. The van der Waals surface area contributed by atoms with E-state index < -0.39 is 17.2 Å². The predicted octanol–water partition coefficient (Wildman–Crippen LogP) is 1.06. The van der Waals surface area contributed by atoms with Gasteiger partial charge in [-0.15, -0.1) is 0 Å². The van der Waals surface area contributed by atoms with Crippen molar-refractivity contribution >= 4 is 22.7 Å². The lowest BCUT2D eigenvalue weighted by atomic mass is 10.2. The maximum absolute atomic E-state index is 11.9. The Hall–Kier alpha value is -3.09. The van der Waals surface area contributed by atoms with Crippen LogP contribution in [0.15, 0.2) is 50.5 Å². The maximum atomic E-state index is 11.9. The summed E-state index contributed by atoms with van der Waals surface area (Å²) < 4.78 is 4.85. The number of anilines is 1. The van der Waals surface area contributed by atoms with E-state index in [1.54, 1.807) is 24.3 Å². The molecule has 2 aromatic heterocycles. The number of hydrogen-bond acceptors (Lipinski definition) is 4. The fourth-order valence-corrected chi connectivity index (χ4v) is 1.83. The number of benzene rings is 1. The van der Waals surface area contributed by atoms with Crippen LogP contribution in [0.5, 0.6) is 0 Å². The van der Waals surface area contributed by atoms with Crippen LogP contribution in [0.3, 0.4) is 0 Å². The third-order valence-corrected chi connectivity index (χ3v) is 2.74. The number of fused-ring (bicyclic) bond motifs is 1. The van der Waals surface area contributed by atoms with E-state index in [0.717, 1.165) is 0 Å². The average molecular weight is 271 g/mol. The molecule has 7 heteroatoms. The smallest absolute Gasteiger partial charge is 0.408 e. The summed E-state index contributed by atoms with van der Waals surface area (Å²) in [4.78, 5) is 39.4. The number of hydrogen-bond donors (Lipinski definition) is 3. The Bertz CT molecular complexity index is 903. The van der Waals surface area contributed by atoms with E-state index in [1.807, 2.05) is 0 Å². The second-order valence-electron chi connectivity index (χ2n) is 4.09. The molecule has 0 aliphatic rings. The normalized spacial score (nSPS) is 10.6. The highest BCUT2D eigenvalue weighted by molar-refractivity contribution is 6.04. The van der Waals surface area contributed by atoms with E-state index in [-0.39, 0.29) is 5.56 Å². The fraction of sp³-hybridized carbons (Fsp3) is 0. The highest BCUT2D eigenvalue weighted by Crippen LogP contribution is 2.16. The van der Waals surface area contributed by atoms with Gasteiger partial charge < -0.3 is 14.7 Å². The second-order valence-corrected chi connectivity index (χ2v) is 4.09. The van der Waals surface area contributed by atoms with Gasteiger partial charge in [-0.2, -0.15) is 0 Å². The Kier molecular flexibility index (Phi) is 2.72. The number of rotatable bonds is 2. The third-order valence-electron chi connectivity index (χ3n) is 2.74. The SMILES string of the molecule is O=C(Nc1ccc2oc(=O)[nH]c2c1)c1ccc[nH]c1=O. The first-order valence-corrected chi connectivity index (χ1v) is 5.75. The molecule has 20 heavy (non-hydrogen) atoms. The molecule has 1 aromatic carbocycles. The molecular formula is C13H9N3O4. The van der Waals surface area contributed by atoms with Gasteiger partial charge in [-0.05, 0) is 30.3 Å². The number of aromatic nitrogens is 2. The number of nitrogens with one attached hydrogen (secondary N) is 3. The monoisotopic (exact) mass is 271 g/mol. The zero-order valence-corrected chi connectivity index (χ0v) is 10.1. The van der Waals surface area contributed by atoms with Crippen molar-refractivity contribution in [1.82, 2.24) is 9.97 Å². The van der Waals surface area contributed by atoms with Crippen molar-refractivity contribution < 1.29 is 9.21 Å². The number of pyridine rings is 1. The molecule has 3 N–H and O–H groups in total. The first kappa shape index (κ1) is 12.0. The van der Waals surface area contributed by atoms with Gasteiger partial charge in [0.1, 0.15) is 5.56 Å². The molecule has 0 unspecified atom stereocenters. The summed E-state index contributed by atoms with van der Waals surface area (Å²) in [5.74, 6) is -1.10. The molecule has 3 aromatic rings. The Morgan fingerprint density at radius 1 is 1.20 bits per heavy atom. The van der Waals surface area contributed by atoms with Crippen molar-refractivity contribution in [1.29, 1.82) is 0 Å². The zero-order chi connectivity index (χ0) is 14.1. The number of aromatic amines is 2. The molecule has 0 saturated carbocycles. The molecule has 2 heterocycles. The van der Waals surface area contributed by atoms with E-state index in [9.17, 15) is 14.4 Å². The molecule has 0 aliphatic carbocycles. The van der Waals surface area contributed by atoms with Crippen LogP contribution >= 0.6 is 0 Å². The summed E-state index contributed by atoms with van der Waals surface area (Å²) >= 11 is 0. The van der Waals surface area contributed by atoms with Crippen LogP contribution in [0.2, 0.25) is 0 Å². The second kappa shape index (κ2) is 4.54. The fourth-order valence-electron chi connectivity index (χ4n) is 1.83. The number of carbonyl (C=O) groups is 1. The summed E-state index contributed by atoms with van der Waals surface area (Å²) in [6.45, 7) is 0. The minimum Gasteiger partial charge on any atom is -0.408 e. The standard InChI is InChI=1S/C13H9N3O4/c17-11-8(2-1-5-14-11)12(18)15-7-3-4-10-9(6-7)16-13(19)20-10/h1-6H,(H,14,17)(H,15,18)(H,16,19). The molecule has 0 saturated heterocycles. The molecule has 0 bridgehead atoms. The number of H-pyrrole nitrogens is 2. The van der Waals surface area contributed by atoms with Crippen molar-refractivity contribution in [2.24, 2.45) is 0 Å². The minimum atomic E-state index is -0.567. The minimum absolute atomic E-state index is 0.00767. The van der Waals surface area contributed by atoms with E-state index in [4.69, 9.17) is 4.42 Å². The van der Waals surface area contributed by atoms with Gasteiger partial charge >= 0.3 is 5.76 Å². The van der Waals surface area contributed by atoms with Crippen molar-refractivity contribution in [2.75, 3.05) is 5.32 Å². The maximum Gasteiger partial charge on any atom is 0.417 e. The third kappa shape index (κ3) is 2.12. The van der Waals surface area contributed by atoms with Crippen LogP contribution < -0.4 is 16.6 Å². The first-order valence-electron chi connectivity index (χ1n) is 5.75. The Labute approximate surface area is 111 Å². The summed E-state index contributed by atoms with van der Waals surface area (Å²) in [5, 5.41) is 2.58. The number of amides is 1. The lowest BCUT2D eigenvalue weighted by molar-refractivity contribution is 0.102. The van der Waals surface area contributed by atoms with E-state index in [1.165, 1.54) is 12.3 Å². The van der Waals surface area contributed by atoms with Crippen molar-refractivity contribution in [3.8, 4) is 0 Å². The van der Waals surface area contributed by atoms with Crippen LogP contribution in [0, 0.1) is 0 Å². The lowest BCUT2D eigenvalue weighted by Crippen LogP contribution is -2.22. The largest absolute Gasteiger partial charge is 0.417 e. The van der Waals surface area contributed by atoms with Crippen molar-refractivity contribution in [2.45, 2.75) is 0 Å². The van der Waals surface area contributed by atoms with E-state index in [0.29, 0.717) is 16.8 Å². The van der Waals surface area contributed by atoms with Gasteiger partial charge in [0.05, 0.1) is 5.52 Å². The zero-order valence-electron chi connectivity index (χ0n) is 10.1. The Morgan fingerprint density at radius 2 is 2.05 bits per heavy atom. The molecule has 0 aliphatic heterocycles. The average Bonchev–Trinajstić information content (AvgIpc) is 2.78. The molecule has 3 rings (SSSR count). The highest BCUT2D eigenvalue weighted by Gasteiger charge is 2.10. The van der Waals surface area contributed by atoms with Crippen LogP contribution in [0.4, 0.5) is 5.69 Å².